The van der Waals surface area contributed by atoms with E-state index in [0.717, 1.165) is 10.6 Å². The minimum Gasteiger partial charge on any atom is -0.382 e. The van der Waals surface area contributed by atoms with Crippen molar-refractivity contribution in [2.75, 3.05) is 23.1 Å². The van der Waals surface area contributed by atoms with Crippen LogP contribution >= 0.6 is 11.8 Å². The standard InChI is InChI=1S/C12H17NOS2/c1-16(14)12-4-2-3-11(9-12)13-10-5-7-15-8-6-10/h2-4,9-10,13H,5-8H2,1H3. The van der Waals surface area contributed by atoms with E-state index in [-0.39, 0.29) is 0 Å². The average Bonchev–Trinajstić information content (AvgIpc) is 2.30. The van der Waals surface area contributed by atoms with Crippen LogP contribution in [-0.4, -0.2) is 28.0 Å². The van der Waals surface area contributed by atoms with Crippen LogP contribution in [-0.2, 0) is 10.8 Å². The van der Waals surface area contributed by atoms with Gasteiger partial charge in [-0.3, -0.25) is 4.21 Å². The number of hydrogen-bond acceptors (Lipinski definition) is 3. The number of nitrogens with one attached hydrogen (secondary N) is 1. The quantitative estimate of drug-likeness (QED) is 0.900. The molecule has 0 bridgehead atoms. The van der Waals surface area contributed by atoms with Crippen molar-refractivity contribution in [3.8, 4) is 0 Å². The van der Waals surface area contributed by atoms with Crippen molar-refractivity contribution in [3.63, 3.8) is 0 Å². The maximum absolute atomic E-state index is 11.4. The van der Waals surface area contributed by atoms with E-state index in [0.29, 0.717) is 6.04 Å². The number of thioether (sulfide) groups is 1. The molecule has 2 rings (SSSR count). The van der Waals surface area contributed by atoms with Gasteiger partial charge >= 0.3 is 0 Å². The van der Waals surface area contributed by atoms with Gasteiger partial charge in [-0.25, -0.2) is 0 Å². The van der Waals surface area contributed by atoms with Crippen LogP contribution in [0, 0.1) is 0 Å². The molecular formula is C12H17NOS2. The molecule has 1 aliphatic rings. The number of benzene rings is 1. The fraction of sp³-hybridized carbons (Fsp3) is 0.500. The molecule has 1 atom stereocenters. The Morgan fingerprint density at radius 1 is 1.38 bits per heavy atom. The Kier molecular flexibility index (Phi) is 4.29. The van der Waals surface area contributed by atoms with Crippen molar-refractivity contribution in [2.24, 2.45) is 0 Å². The molecule has 16 heavy (non-hydrogen) atoms. The maximum atomic E-state index is 11.4. The van der Waals surface area contributed by atoms with E-state index in [9.17, 15) is 4.21 Å². The van der Waals surface area contributed by atoms with Crippen molar-refractivity contribution in [2.45, 2.75) is 23.8 Å². The summed E-state index contributed by atoms with van der Waals surface area (Å²) in [5, 5.41) is 3.53. The molecule has 2 nitrogen and oxygen atoms in total. The van der Waals surface area contributed by atoms with E-state index in [1.165, 1.54) is 24.3 Å². The summed E-state index contributed by atoms with van der Waals surface area (Å²) in [6, 6.07) is 8.52. The third kappa shape index (κ3) is 3.25. The highest BCUT2D eigenvalue weighted by Crippen LogP contribution is 2.21. The van der Waals surface area contributed by atoms with Crippen molar-refractivity contribution >= 4 is 28.2 Å². The molecule has 1 heterocycles. The van der Waals surface area contributed by atoms with Crippen molar-refractivity contribution in [3.05, 3.63) is 24.3 Å². The zero-order valence-corrected chi connectivity index (χ0v) is 11.1. The fourth-order valence-corrected chi connectivity index (χ4v) is 3.51. The lowest BCUT2D eigenvalue weighted by molar-refractivity contribution is 0.666. The van der Waals surface area contributed by atoms with E-state index in [4.69, 9.17) is 0 Å². The highest BCUT2D eigenvalue weighted by atomic mass is 32.2. The Morgan fingerprint density at radius 3 is 2.81 bits per heavy atom. The first-order valence-electron chi connectivity index (χ1n) is 5.53. The SMILES string of the molecule is CS(=O)c1cccc(NC2CCSCC2)c1. The van der Waals surface area contributed by atoms with Crippen LogP contribution in [0.4, 0.5) is 5.69 Å². The van der Waals surface area contributed by atoms with Crippen LogP contribution in [0.25, 0.3) is 0 Å². The summed E-state index contributed by atoms with van der Waals surface area (Å²) in [7, 11) is -0.890. The lowest BCUT2D eigenvalue weighted by atomic mass is 10.1. The van der Waals surface area contributed by atoms with E-state index < -0.39 is 10.8 Å². The van der Waals surface area contributed by atoms with Crippen LogP contribution in [0.15, 0.2) is 29.2 Å². The zero-order valence-electron chi connectivity index (χ0n) is 9.44. The lowest BCUT2D eigenvalue weighted by Gasteiger charge is -2.23. The molecule has 0 aromatic heterocycles. The van der Waals surface area contributed by atoms with E-state index in [1.807, 2.05) is 30.0 Å². The molecule has 1 aromatic rings. The van der Waals surface area contributed by atoms with E-state index >= 15 is 0 Å². The molecule has 1 unspecified atom stereocenters. The monoisotopic (exact) mass is 255 g/mol. The summed E-state index contributed by atoms with van der Waals surface area (Å²) in [5.74, 6) is 2.49. The Labute approximate surface area is 104 Å². The molecule has 0 spiro atoms. The summed E-state index contributed by atoms with van der Waals surface area (Å²) in [6.45, 7) is 0. The van der Waals surface area contributed by atoms with Gasteiger partial charge in [0.15, 0.2) is 0 Å². The van der Waals surface area contributed by atoms with Gasteiger partial charge in [-0.05, 0) is 42.5 Å². The molecule has 0 saturated carbocycles. The molecule has 1 aliphatic heterocycles. The molecule has 0 radical (unpaired) electrons. The molecule has 1 N–H and O–H groups in total. The zero-order chi connectivity index (χ0) is 11.4. The van der Waals surface area contributed by atoms with E-state index in [2.05, 4.69) is 11.4 Å². The molecule has 1 saturated heterocycles. The van der Waals surface area contributed by atoms with Crippen molar-refractivity contribution < 1.29 is 4.21 Å². The Bertz CT molecular complexity index is 375. The predicted molar refractivity (Wildman–Crippen MR) is 72.7 cm³/mol. The number of rotatable bonds is 3. The Balaban J connectivity index is 2.02. The van der Waals surface area contributed by atoms with Crippen molar-refractivity contribution in [1.29, 1.82) is 0 Å². The lowest BCUT2D eigenvalue weighted by Crippen LogP contribution is -2.24. The normalized spacial score (nSPS) is 19.3. The molecule has 0 amide bonds. The highest BCUT2D eigenvalue weighted by Gasteiger charge is 2.13. The van der Waals surface area contributed by atoms with E-state index in [1.54, 1.807) is 6.26 Å². The van der Waals surface area contributed by atoms with Crippen LogP contribution < -0.4 is 5.32 Å². The molecule has 4 heteroatoms. The van der Waals surface area contributed by atoms with Crippen LogP contribution in [0.1, 0.15) is 12.8 Å². The minimum atomic E-state index is -0.890. The van der Waals surface area contributed by atoms with Gasteiger partial charge in [0.2, 0.25) is 0 Å². The first-order chi connectivity index (χ1) is 7.75. The third-order valence-electron chi connectivity index (χ3n) is 2.76. The van der Waals surface area contributed by atoms with Gasteiger partial charge in [-0.1, -0.05) is 6.07 Å². The predicted octanol–water partition coefficient (Wildman–Crippen LogP) is 2.73. The first kappa shape index (κ1) is 12.0. The fourth-order valence-electron chi connectivity index (χ4n) is 1.84. The summed E-state index contributed by atoms with van der Waals surface area (Å²) >= 11 is 2.03. The Morgan fingerprint density at radius 2 is 2.12 bits per heavy atom. The highest BCUT2D eigenvalue weighted by molar-refractivity contribution is 7.99. The molecular weight excluding hydrogens is 238 g/mol. The molecule has 1 aromatic carbocycles. The van der Waals surface area contributed by atoms with Gasteiger partial charge in [-0.15, -0.1) is 0 Å². The second-order valence-electron chi connectivity index (χ2n) is 4.01. The van der Waals surface area contributed by atoms with Crippen LogP contribution in [0.5, 0.6) is 0 Å². The smallest absolute Gasteiger partial charge is 0.0498 e. The van der Waals surface area contributed by atoms with Gasteiger partial charge in [0, 0.05) is 33.7 Å². The van der Waals surface area contributed by atoms with Crippen LogP contribution in [0.3, 0.4) is 0 Å². The first-order valence-corrected chi connectivity index (χ1v) is 8.25. The van der Waals surface area contributed by atoms with Gasteiger partial charge in [0.05, 0.1) is 0 Å². The topological polar surface area (TPSA) is 29.1 Å². The van der Waals surface area contributed by atoms with Gasteiger partial charge in [0.1, 0.15) is 0 Å². The molecule has 88 valence electrons. The summed E-state index contributed by atoms with van der Waals surface area (Å²) in [5.41, 5.74) is 1.10. The second-order valence-corrected chi connectivity index (χ2v) is 6.62. The summed E-state index contributed by atoms with van der Waals surface area (Å²) in [6.07, 6.45) is 4.17. The van der Waals surface area contributed by atoms with Crippen LogP contribution in [0.2, 0.25) is 0 Å². The third-order valence-corrected chi connectivity index (χ3v) is 4.72. The summed E-state index contributed by atoms with van der Waals surface area (Å²) < 4.78 is 11.4. The molecule has 1 fully saturated rings. The Hall–Kier alpha value is -0.480. The minimum absolute atomic E-state index is 0.585. The number of hydrogen-bond donors (Lipinski definition) is 1. The second kappa shape index (κ2) is 5.73. The van der Waals surface area contributed by atoms with Gasteiger partial charge < -0.3 is 5.32 Å². The molecule has 0 aliphatic carbocycles. The number of anilines is 1. The largest absolute Gasteiger partial charge is 0.382 e. The average molecular weight is 255 g/mol. The van der Waals surface area contributed by atoms with Crippen molar-refractivity contribution in [1.82, 2.24) is 0 Å². The van der Waals surface area contributed by atoms with Gasteiger partial charge in [-0.2, -0.15) is 11.8 Å². The van der Waals surface area contributed by atoms with Gasteiger partial charge in [0.25, 0.3) is 0 Å². The summed E-state index contributed by atoms with van der Waals surface area (Å²) in [4.78, 5) is 0.898. The maximum Gasteiger partial charge on any atom is 0.0498 e.